The number of benzene rings is 1. The van der Waals surface area contributed by atoms with Crippen LogP contribution in [0.4, 0.5) is 17.6 Å². The maximum absolute atomic E-state index is 13.5. The molecule has 0 heterocycles. The Balaban J connectivity index is 3.37. The van der Waals surface area contributed by atoms with Gasteiger partial charge in [-0.1, -0.05) is 0 Å². The number of carbonyl (C=O) groups is 1. The van der Waals surface area contributed by atoms with Gasteiger partial charge in [-0.3, -0.25) is 4.99 Å². The lowest BCUT2D eigenvalue weighted by atomic mass is 10.1. The minimum atomic E-state index is -2.18. The molecule has 0 radical (unpaired) electrons. The standard InChI is InChI=1S/C13H11F4NO4/c14-8-4-6(9(15)11(17)10(8)16)12(20)7(13(21)22)5-18-2-1-3-19/h4-5,19-20H,1-3H2,(H,21,22). The van der Waals surface area contributed by atoms with E-state index in [4.69, 9.17) is 10.2 Å². The van der Waals surface area contributed by atoms with Crippen molar-refractivity contribution in [3.05, 3.63) is 40.5 Å². The Kier molecular flexibility index (Phi) is 6.05. The Morgan fingerprint density at radius 1 is 1.14 bits per heavy atom. The first-order valence-corrected chi connectivity index (χ1v) is 5.91. The summed E-state index contributed by atoms with van der Waals surface area (Å²) in [5, 5.41) is 27.1. The third-order valence-corrected chi connectivity index (χ3v) is 2.51. The van der Waals surface area contributed by atoms with Crippen molar-refractivity contribution in [1.82, 2.24) is 0 Å². The molecule has 0 aliphatic heterocycles. The lowest BCUT2D eigenvalue weighted by Crippen LogP contribution is -2.09. The molecule has 22 heavy (non-hydrogen) atoms. The van der Waals surface area contributed by atoms with E-state index in [0.717, 1.165) is 0 Å². The number of rotatable bonds is 6. The summed E-state index contributed by atoms with van der Waals surface area (Å²) >= 11 is 0. The Bertz CT molecular complexity index is 643. The average Bonchev–Trinajstić information content (AvgIpc) is 2.47. The molecular formula is C13H11F4NO4. The number of aliphatic hydroxyl groups excluding tert-OH is 2. The molecule has 0 spiro atoms. The highest BCUT2D eigenvalue weighted by molar-refractivity contribution is 6.14. The lowest BCUT2D eigenvalue weighted by molar-refractivity contribution is -0.132. The van der Waals surface area contributed by atoms with Crippen LogP contribution in [0.3, 0.4) is 0 Å². The van der Waals surface area contributed by atoms with Crippen LogP contribution in [0.2, 0.25) is 0 Å². The predicted molar refractivity (Wildman–Crippen MR) is 68.5 cm³/mol. The van der Waals surface area contributed by atoms with E-state index in [9.17, 15) is 27.5 Å². The van der Waals surface area contributed by atoms with Crippen molar-refractivity contribution in [2.24, 2.45) is 4.99 Å². The highest BCUT2D eigenvalue weighted by Gasteiger charge is 2.24. The molecule has 0 aliphatic rings. The van der Waals surface area contributed by atoms with Crippen LogP contribution in [0.5, 0.6) is 0 Å². The van der Waals surface area contributed by atoms with Crippen molar-refractivity contribution in [1.29, 1.82) is 0 Å². The van der Waals surface area contributed by atoms with Gasteiger partial charge in [-0.2, -0.15) is 0 Å². The molecule has 1 aromatic carbocycles. The molecule has 1 rings (SSSR count). The van der Waals surface area contributed by atoms with Gasteiger partial charge in [-0.05, 0) is 12.5 Å². The first-order chi connectivity index (χ1) is 10.3. The zero-order valence-corrected chi connectivity index (χ0v) is 11.0. The van der Waals surface area contributed by atoms with Crippen molar-refractivity contribution < 1.29 is 37.7 Å². The van der Waals surface area contributed by atoms with Gasteiger partial charge in [-0.25, -0.2) is 22.4 Å². The molecule has 0 unspecified atom stereocenters. The summed E-state index contributed by atoms with van der Waals surface area (Å²) < 4.78 is 52.5. The van der Waals surface area contributed by atoms with Gasteiger partial charge in [-0.15, -0.1) is 0 Å². The predicted octanol–water partition coefficient (Wildman–Crippen LogP) is 2.05. The molecule has 0 aromatic heterocycles. The molecule has 3 N–H and O–H groups in total. The van der Waals surface area contributed by atoms with Crippen LogP contribution in [0.15, 0.2) is 16.6 Å². The molecule has 0 fully saturated rings. The number of aliphatic carboxylic acids is 1. The first-order valence-electron chi connectivity index (χ1n) is 5.91. The minimum Gasteiger partial charge on any atom is -0.506 e. The monoisotopic (exact) mass is 321 g/mol. The third kappa shape index (κ3) is 3.82. The average molecular weight is 321 g/mol. The molecule has 0 atom stereocenters. The van der Waals surface area contributed by atoms with Crippen molar-refractivity contribution in [2.75, 3.05) is 13.2 Å². The van der Waals surface area contributed by atoms with Gasteiger partial charge in [0.2, 0.25) is 0 Å². The molecule has 0 aliphatic carbocycles. The van der Waals surface area contributed by atoms with Gasteiger partial charge < -0.3 is 15.3 Å². The summed E-state index contributed by atoms with van der Waals surface area (Å²) in [5.41, 5.74) is -2.09. The summed E-state index contributed by atoms with van der Waals surface area (Å²) in [5.74, 6) is -11.0. The highest BCUT2D eigenvalue weighted by atomic mass is 19.2. The van der Waals surface area contributed by atoms with Crippen LogP contribution >= 0.6 is 0 Å². The van der Waals surface area contributed by atoms with E-state index < -0.39 is 46.1 Å². The Labute approximate surface area is 121 Å². The third-order valence-electron chi connectivity index (χ3n) is 2.51. The number of carboxylic acid groups (broad SMARTS) is 1. The Morgan fingerprint density at radius 2 is 1.77 bits per heavy atom. The molecule has 0 amide bonds. The quantitative estimate of drug-likeness (QED) is 0.142. The summed E-state index contributed by atoms with van der Waals surface area (Å²) in [6.07, 6.45) is 0.851. The van der Waals surface area contributed by atoms with Crippen LogP contribution in [0.25, 0.3) is 5.76 Å². The van der Waals surface area contributed by atoms with Crippen LogP contribution in [-0.4, -0.2) is 40.7 Å². The Morgan fingerprint density at radius 3 is 2.32 bits per heavy atom. The van der Waals surface area contributed by atoms with Gasteiger partial charge in [0, 0.05) is 19.4 Å². The second kappa shape index (κ2) is 7.55. The second-order valence-electron chi connectivity index (χ2n) is 4.03. The number of hydrogen-bond acceptors (Lipinski definition) is 4. The summed E-state index contributed by atoms with van der Waals surface area (Å²) in [6.45, 7) is -0.201. The van der Waals surface area contributed by atoms with E-state index in [2.05, 4.69) is 4.99 Å². The van der Waals surface area contributed by atoms with Gasteiger partial charge in [0.15, 0.2) is 23.3 Å². The van der Waals surface area contributed by atoms with Crippen molar-refractivity contribution in [3.8, 4) is 0 Å². The molecule has 5 nitrogen and oxygen atoms in total. The SMILES string of the molecule is O=C(O)C(C=NCCCO)=C(O)c1cc(F)c(F)c(F)c1F. The minimum absolute atomic E-state index is 0.00911. The number of halogens is 4. The number of nitrogens with zero attached hydrogens (tertiary/aromatic N) is 1. The molecule has 0 bridgehead atoms. The topological polar surface area (TPSA) is 90.1 Å². The van der Waals surface area contributed by atoms with Gasteiger partial charge in [0.25, 0.3) is 0 Å². The molecule has 120 valence electrons. The van der Waals surface area contributed by atoms with E-state index in [0.29, 0.717) is 6.21 Å². The fourth-order valence-corrected chi connectivity index (χ4v) is 1.43. The largest absolute Gasteiger partial charge is 0.506 e. The van der Waals surface area contributed by atoms with Crippen LogP contribution in [0, 0.1) is 23.3 Å². The first kappa shape index (κ1) is 17.6. The zero-order chi connectivity index (χ0) is 16.9. The number of hydrogen-bond donors (Lipinski definition) is 3. The molecule has 0 saturated carbocycles. The highest BCUT2D eigenvalue weighted by Crippen LogP contribution is 2.25. The number of carboxylic acids is 1. The van der Waals surface area contributed by atoms with Crippen molar-refractivity contribution in [3.63, 3.8) is 0 Å². The van der Waals surface area contributed by atoms with E-state index in [1.807, 2.05) is 0 Å². The fraction of sp³-hybridized carbons (Fsp3) is 0.231. The van der Waals surface area contributed by atoms with E-state index in [1.54, 1.807) is 0 Å². The van der Waals surface area contributed by atoms with Crippen molar-refractivity contribution in [2.45, 2.75) is 6.42 Å². The van der Waals surface area contributed by atoms with E-state index in [1.165, 1.54) is 0 Å². The van der Waals surface area contributed by atoms with Gasteiger partial charge in [0.1, 0.15) is 11.3 Å². The van der Waals surface area contributed by atoms with Crippen molar-refractivity contribution >= 4 is 17.9 Å². The lowest BCUT2D eigenvalue weighted by Gasteiger charge is -2.07. The zero-order valence-electron chi connectivity index (χ0n) is 11.0. The fourth-order valence-electron chi connectivity index (χ4n) is 1.43. The normalized spacial score (nSPS) is 12.6. The summed E-state index contributed by atoms with van der Waals surface area (Å²) in [7, 11) is 0. The second-order valence-corrected chi connectivity index (χ2v) is 4.03. The van der Waals surface area contributed by atoms with Gasteiger partial charge in [0.05, 0.1) is 5.56 Å². The number of aliphatic hydroxyl groups is 2. The summed E-state index contributed by atoms with van der Waals surface area (Å²) in [4.78, 5) is 14.5. The molecule has 9 heteroatoms. The van der Waals surface area contributed by atoms with Crippen LogP contribution in [-0.2, 0) is 4.79 Å². The van der Waals surface area contributed by atoms with E-state index >= 15 is 0 Å². The Hall–Kier alpha value is -2.42. The molecular weight excluding hydrogens is 310 g/mol. The van der Waals surface area contributed by atoms with E-state index in [-0.39, 0.29) is 25.6 Å². The van der Waals surface area contributed by atoms with Crippen LogP contribution in [0.1, 0.15) is 12.0 Å². The molecule has 1 aromatic rings. The van der Waals surface area contributed by atoms with Crippen LogP contribution < -0.4 is 0 Å². The smallest absolute Gasteiger partial charge is 0.341 e. The maximum atomic E-state index is 13.5. The molecule has 0 saturated heterocycles. The number of aliphatic imine (C=N–C) groups is 1. The summed E-state index contributed by atoms with van der Waals surface area (Å²) in [6, 6.07) is 0.133. The van der Waals surface area contributed by atoms with Gasteiger partial charge >= 0.3 is 5.97 Å². The maximum Gasteiger partial charge on any atom is 0.341 e.